The maximum absolute atomic E-state index is 12.4. The first-order valence-corrected chi connectivity index (χ1v) is 6.60. The summed E-state index contributed by atoms with van der Waals surface area (Å²) in [5, 5.41) is 19.6. The van der Waals surface area contributed by atoms with Gasteiger partial charge in [0.05, 0.1) is 17.2 Å². The number of para-hydroxylation sites is 1. The van der Waals surface area contributed by atoms with E-state index in [1.807, 2.05) is 6.07 Å². The molecule has 8 nitrogen and oxygen atoms in total. The number of aromatic nitrogens is 1. The molecule has 0 unspecified atom stereocenters. The van der Waals surface area contributed by atoms with Gasteiger partial charge in [-0.2, -0.15) is 5.26 Å². The van der Waals surface area contributed by atoms with Crippen LogP contribution in [-0.2, 0) is 11.3 Å². The van der Waals surface area contributed by atoms with Crippen LogP contribution >= 0.6 is 0 Å². The maximum Gasteiger partial charge on any atom is 0.285 e. The smallest absolute Gasteiger partial charge is 0.285 e. The fourth-order valence-corrected chi connectivity index (χ4v) is 1.98. The number of carbonyl (C=O) groups excluding carboxylic acids is 1. The number of anilines is 1. The van der Waals surface area contributed by atoms with Crippen LogP contribution in [0.5, 0.6) is 0 Å². The van der Waals surface area contributed by atoms with Gasteiger partial charge in [-0.25, -0.2) is 0 Å². The number of hydrogen-bond acceptors (Lipinski definition) is 5. The van der Waals surface area contributed by atoms with Crippen LogP contribution in [0.3, 0.4) is 0 Å². The van der Waals surface area contributed by atoms with Gasteiger partial charge in [-0.3, -0.25) is 29.2 Å². The van der Waals surface area contributed by atoms with E-state index in [-0.39, 0.29) is 12.2 Å². The Morgan fingerprint density at radius 2 is 1.96 bits per heavy atom. The number of nitriles is 1. The second-order valence-electron chi connectivity index (χ2n) is 4.58. The summed E-state index contributed by atoms with van der Waals surface area (Å²) in [4.78, 5) is 35.5. The molecule has 0 spiro atoms. The van der Waals surface area contributed by atoms with E-state index in [2.05, 4.69) is 0 Å². The van der Waals surface area contributed by atoms with Crippen molar-refractivity contribution in [3.05, 3.63) is 69.1 Å². The molecule has 0 aliphatic rings. The van der Waals surface area contributed by atoms with Crippen LogP contribution in [0.25, 0.3) is 0 Å². The second-order valence-corrected chi connectivity index (χ2v) is 4.58. The summed E-state index contributed by atoms with van der Waals surface area (Å²) in [5.74, 6) is -0.514. The average molecular weight is 312 g/mol. The van der Waals surface area contributed by atoms with Crippen LogP contribution < -0.4 is 10.5 Å². The van der Waals surface area contributed by atoms with Crippen molar-refractivity contribution < 1.29 is 9.72 Å². The molecule has 0 bridgehead atoms. The lowest BCUT2D eigenvalue weighted by molar-refractivity contribution is -0.385. The van der Waals surface area contributed by atoms with Gasteiger partial charge in [0, 0.05) is 17.8 Å². The van der Waals surface area contributed by atoms with Crippen LogP contribution in [-0.4, -0.2) is 21.9 Å². The van der Waals surface area contributed by atoms with Crippen LogP contribution in [0.15, 0.2) is 53.5 Å². The Morgan fingerprint density at radius 1 is 1.26 bits per heavy atom. The number of benzene rings is 1. The molecule has 0 saturated heterocycles. The summed E-state index contributed by atoms with van der Waals surface area (Å²) in [6.07, 6.45) is 1.01. The Morgan fingerprint density at radius 3 is 2.57 bits per heavy atom. The van der Waals surface area contributed by atoms with E-state index >= 15 is 0 Å². The third-order valence-electron chi connectivity index (χ3n) is 3.08. The maximum atomic E-state index is 12.4. The topological polar surface area (TPSA) is 109 Å². The van der Waals surface area contributed by atoms with Gasteiger partial charge in [0.15, 0.2) is 0 Å². The van der Waals surface area contributed by atoms with E-state index in [0.717, 1.165) is 22.9 Å². The first-order chi connectivity index (χ1) is 11.0. The molecule has 1 heterocycles. The summed E-state index contributed by atoms with van der Waals surface area (Å²) in [7, 11) is 0. The zero-order valence-electron chi connectivity index (χ0n) is 12.0. The van der Waals surface area contributed by atoms with Crippen molar-refractivity contribution in [3.8, 4) is 6.07 Å². The number of nitro groups is 1. The largest absolute Gasteiger partial charge is 0.299 e. The standard InChI is InChI=1S/C15H12N4O4/c16-8-9-18(12-4-2-1-3-5-12)15(21)11-17-10-13(19(22)23)6-7-14(17)20/h1-7,10H,9,11H2. The molecule has 8 heteroatoms. The van der Waals surface area contributed by atoms with Gasteiger partial charge in [0.2, 0.25) is 5.91 Å². The predicted molar refractivity (Wildman–Crippen MR) is 81.8 cm³/mol. The number of amides is 1. The Kier molecular flexibility index (Phi) is 4.84. The summed E-state index contributed by atoms with van der Waals surface area (Å²) in [5.41, 5.74) is -0.310. The van der Waals surface area contributed by atoms with Gasteiger partial charge in [0.25, 0.3) is 11.2 Å². The van der Waals surface area contributed by atoms with Crippen LogP contribution in [0.4, 0.5) is 11.4 Å². The second kappa shape index (κ2) is 7.00. The molecule has 1 aromatic heterocycles. The predicted octanol–water partition coefficient (Wildman–Crippen LogP) is 1.31. The molecule has 0 N–H and O–H groups in total. The third-order valence-corrected chi connectivity index (χ3v) is 3.08. The van der Waals surface area contributed by atoms with Crippen molar-refractivity contribution in [2.75, 3.05) is 11.4 Å². The number of carbonyl (C=O) groups is 1. The fraction of sp³-hybridized carbons (Fsp3) is 0.133. The molecule has 0 aliphatic heterocycles. The SMILES string of the molecule is N#CCN(C(=O)Cn1cc([N+](=O)[O-])ccc1=O)c1ccccc1. The minimum absolute atomic E-state index is 0.188. The van der Waals surface area contributed by atoms with Crippen molar-refractivity contribution in [1.29, 1.82) is 5.26 Å². The molecule has 2 rings (SSSR count). The van der Waals surface area contributed by atoms with Crippen LogP contribution in [0.2, 0.25) is 0 Å². The zero-order chi connectivity index (χ0) is 16.8. The highest BCUT2D eigenvalue weighted by Crippen LogP contribution is 2.14. The van der Waals surface area contributed by atoms with E-state index in [4.69, 9.17) is 5.26 Å². The molecule has 116 valence electrons. The molecule has 2 aromatic rings. The van der Waals surface area contributed by atoms with Gasteiger partial charge < -0.3 is 0 Å². The number of rotatable bonds is 5. The zero-order valence-corrected chi connectivity index (χ0v) is 12.0. The Balaban J connectivity index is 2.29. The lowest BCUT2D eigenvalue weighted by Gasteiger charge is -2.20. The summed E-state index contributed by atoms with van der Waals surface area (Å²) < 4.78 is 0.952. The van der Waals surface area contributed by atoms with Crippen molar-refractivity contribution in [2.24, 2.45) is 0 Å². The average Bonchev–Trinajstić information content (AvgIpc) is 2.55. The van der Waals surface area contributed by atoms with E-state index in [0.29, 0.717) is 5.69 Å². The first kappa shape index (κ1) is 15.9. The number of nitrogens with zero attached hydrogens (tertiary/aromatic N) is 4. The van der Waals surface area contributed by atoms with Crippen molar-refractivity contribution in [2.45, 2.75) is 6.54 Å². The minimum atomic E-state index is -0.648. The highest BCUT2D eigenvalue weighted by atomic mass is 16.6. The first-order valence-electron chi connectivity index (χ1n) is 6.60. The van der Waals surface area contributed by atoms with Crippen molar-refractivity contribution in [1.82, 2.24) is 4.57 Å². The van der Waals surface area contributed by atoms with E-state index in [9.17, 15) is 19.7 Å². The van der Waals surface area contributed by atoms with Crippen LogP contribution in [0.1, 0.15) is 0 Å². The molecule has 0 radical (unpaired) electrons. The fourth-order valence-electron chi connectivity index (χ4n) is 1.98. The Labute approximate surface area is 131 Å². The minimum Gasteiger partial charge on any atom is -0.299 e. The molecule has 0 fully saturated rings. The van der Waals surface area contributed by atoms with E-state index in [1.54, 1.807) is 30.3 Å². The van der Waals surface area contributed by atoms with Gasteiger partial charge >= 0.3 is 0 Å². The summed E-state index contributed by atoms with van der Waals surface area (Å²) in [6.45, 7) is -0.580. The van der Waals surface area contributed by atoms with Gasteiger partial charge in [-0.05, 0) is 12.1 Å². The van der Waals surface area contributed by atoms with Crippen LogP contribution in [0, 0.1) is 21.4 Å². The molecular formula is C15H12N4O4. The monoisotopic (exact) mass is 312 g/mol. The Hall–Kier alpha value is -3.47. The van der Waals surface area contributed by atoms with E-state index < -0.39 is 22.9 Å². The summed E-state index contributed by atoms with van der Waals surface area (Å²) in [6, 6.07) is 12.5. The third kappa shape index (κ3) is 3.79. The van der Waals surface area contributed by atoms with Gasteiger partial charge in [-0.15, -0.1) is 0 Å². The molecule has 0 aliphatic carbocycles. The lowest BCUT2D eigenvalue weighted by Crippen LogP contribution is -2.36. The molecule has 23 heavy (non-hydrogen) atoms. The van der Waals surface area contributed by atoms with Crippen molar-refractivity contribution >= 4 is 17.3 Å². The molecule has 1 amide bonds. The molecular weight excluding hydrogens is 300 g/mol. The number of hydrogen-bond donors (Lipinski definition) is 0. The van der Waals surface area contributed by atoms with Crippen molar-refractivity contribution in [3.63, 3.8) is 0 Å². The number of pyridine rings is 1. The highest BCUT2D eigenvalue weighted by Gasteiger charge is 2.17. The van der Waals surface area contributed by atoms with Gasteiger partial charge in [-0.1, -0.05) is 18.2 Å². The molecule has 0 atom stereocenters. The summed E-state index contributed by atoms with van der Waals surface area (Å²) >= 11 is 0. The van der Waals surface area contributed by atoms with Gasteiger partial charge in [0.1, 0.15) is 13.1 Å². The lowest BCUT2D eigenvalue weighted by atomic mass is 10.2. The Bertz CT molecular complexity index is 823. The van der Waals surface area contributed by atoms with E-state index in [1.165, 1.54) is 4.90 Å². The highest BCUT2D eigenvalue weighted by molar-refractivity contribution is 5.93. The molecule has 0 saturated carbocycles. The normalized spacial score (nSPS) is 9.87. The quantitative estimate of drug-likeness (QED) is 0.470. The molecule has 1 aromatic carbocycles.